The van der Waals surface area contributed by atoms with Gasteiger partial charge >= 0.3 is 5.97 Å². The van der Waals surface area contributed by atoms with Crippen molar-refractivity contribution in [3.05, 3.63) is 102 Å². The van der Waals surface area contributed by atoms with Crippen molar-refractivity contribution in [1.82, 2.24) is 5.43 Å². The molecule has 0 heterocycles. The molecular formula is C28H24N2O5. The van der Waals surface area contributed by atoms with E-state index in [0.29, 0.717) is 28.4 Å². The molecule has 0 unspecified atom stereocenters. The lowest BCUT2D eigenvalue weighted by molar-refractivity contribution is -0.123. The van der Waals surface area contributed by atoms with Crippen molar-refractivity contribution in [3.63, 3.8) is 0 Å². The fraction of sp³-hybridized carbons (Fsp3) is 0.107. The summed E-state index contributed by atoms with van der Waals surface area (Å²) >= 11 is 0. The second-order valence-electron chi connectivity index (χ2n) is 7.69. The SMILES string of the molecule is COc1ccccc1OCC(=O)N/N=C/c1c(OC(=O)c2cccc(C)c2)ccc2ccccc12. The van der Waals surface area contributed by atoms with Crippen molar-refractivity contribution in [2.45, 2.75) is 6.92 Å². The number of hydrazone groups is 1. The van der Waals surface area contributed by atoms with Gasteiger partial charge in [-0.15, -0.1) is 0 Å². The third kappa shape index (κ3) is 5.83. The first-order chi connectivity index (χ1) is 17.0. The number of hydrogen-bond donors (Lipinski definition) is 1. The number of carbonyl (C=O) groups is 2. The monoisotopic (exact) mass is 468 g/mol. The van der Waals surface area contributed by atoms with Crippen LogP contribution in [0.5, 0.6) is 17.2 Å². The van der Waals surface area contributed by atoms with Crippen LogP contribution in [0.25, 0.3) is 10.8 Å². The zero-order valence-corrected chi connectivity index (χ0v) is 19.4. The van der Waals surface area contributed by atoms with E-state index in [-0.39, 0.29) is 6.61 Å². The number of para-hydroxylation sites is 2. The summed E-state index contributed by atoms with van der Waals surface area (Å²) in [5.41, 5.74) is 4.42. The van der Waals surface area contributed by atoms with Crippen LogP contribution in [0.2, 0.25) is 0 Å². The van der Waals surface area contributed by atoms with E-state index in [1.54, 1.807) is 42.5 Å². The van der Waals surface area contributed by atoms with E-state index in [0.717, 1.165) is 16.3 Å². The number of ether oxygens (including phenoxy) is 3. The van der Waals surface area contributed by atoms with Gasteiger partial charge in [0.2, 0.25) is 0 Å². The van der Waals surface area contributed by atoms with Gasteiger partial charge in [-0.1, -0.05) is 60.2 Å². The molecule has 7 heteroatoms. The Kier molecular flexibility index (Phi) is 7.37. The van der Waals surface area contributed by atoms with Gasteiger partial charge in [-0.25, -0.2) is 10.2 Å². The second kappa shape index (κ2) is 11.0. The molecule has 0 radical (unpaired) electrons. The van der Waals surface area contributed by atoms with Crippen LogP contribution >= 0.6 is 0 Å². The molecule has 0 aliphatic heterocycles. The fourth-order valence-corrected chi connectivity index (χ4v) is 3.51. The Bertz CT molecular complexity index is 1400. The number of rotatable bonds is 8. The van der Waals surface area contributed by atoms with Crippen LogP contribution in [0.3, 0.4) is 0 Å². The molecule has 0 aromatic heterocycles. The standard InChI is InChI=1S/C28H24N2O5/c1-19-8-7-10-21(16-19)28(32)35-24-15-14-20-9-3-4-11-22(20)23(24)17-29-30-27(31)18-34-26-13-6-5-12-25(26)33-2/h3-17H,18H2,1-2H3,(H,30,31)/b29-17+. The summed E-state index contributed by atoms with van der Waals surface area (Å²) in [5, 5.41) is 5.84. The molecule has 0 aliphatic carbocycles. The van der Waals surface area contributed by atoms with Gasteiger partial charge in [-0.2, -0.15) is 5.10 Å². The number of fused-ring (bicyclic) bond motifs is 1. The largest absolute Gasteiger partial charge is 0.493 e. The minimum absolute atomic E-state index is 0.248. The molecule has 1 N–H and O–H groups in total. The van der Waals surface area contributed by atoms with Crippen LogP contribution in [0, 0.1) is 6.92 Å². The highest BCUT2D eigenvalue weighted by Crippen LogP contribution is 2.28. The lowest BCUT2D eigenvalue weighted by atomic mass is 10.0. The average Bonchev–Trinajstić information content (AvgIpc) is 2.88. The maximum Gasteiger partial charge on any atom is 0.343 e. The summed E-state index contributed by atoms with van der Waals surface area (Å²) in [7, 11) is 1.53. The summed E-state index contributed by atoms with van der Waals surface area (Å²) in [6.45, 7) is 1.66. The molecule has 0 spiro atoms. The molecule has 0 saturated heterocycles. The Hall–Kier alpha value is -4.65. The zero-order chi connectivity index (χ0) is 24.6. The number of nitrogens with zero attached hydrogens (tertiary/aromatic N) is 1. The highest BCUT2D eigenvalue weighted by Gasteiger charge is 2.14. The van der Waals surface area contributed by atoms with Crippen LogP contribution in [0.4, 0.5) is 0 Å². The van der Waals surface area contributed by atoms with E-state index >= 15 is 0 Å². The summed E-state index contributed by atoms with van der Waals surface area (Å²) in [5.74, 6) is 0.380. The molecular weight excluding hydrogens is 444 g/mol. The molecule has 176 valence electrons. The Morgan fingerprint density at radius 2 is 1.66 bits per heavy atom. The number of benzene rings is 4. The number of aryl methyl sites for hydroxylation is 1. The van der Waals surface area contributed by atoms with Crippen molar-refractivity contribution < 1.29 is 23.8 Å². The van der Waals surface area contributed by atoms with Crippen LogP contribution < -0.4 is 19.6 Å². The van der Waals surface area contributed by atoms with Gasteiger partial charge in [-0.05, 0) is 48.0 Å². The van der Waals surface area contributed by atoms with Crippen molar-refractivity contribution in [3.8, 4) is 17.2 Å². The van der Waals surface area contributed by atoms with Crippen LogP contribution in [-0.2, 0) is 4.79 Å². The minimum atomic E-state index is -0.479. The van der Waals surface area contributed by atoms with Gasteiger partial charge in [-0.3, -0.25) is 4.79 Å². The summed E-state index contributed by atoms with van der Waals surface area (Å²) < 4.78 is 16.4. The average molecular weight is 469 g/mol. The highest BCUT2D eigenvalue weighted by atomic mass is 16.5. The molecule has 7 nitrogen and oxygen atoms in total. The molecule has 0 saturated carbocycles. The van der Waals surface area contributed by atoms with Crippen molar-refractivity contribution in [2.75, 3.05) is 13.7 Å². The predicted molar refractivity (Wildman–Crippen MR) is 134 cm³/mol. The summed E-state index contributed by atoms with van der Waals surface area (Å²) in [6.07, 6.45) is 1.46. The Morgan fingerprint density at radius 1 is 0.886 bits per heavy atom. The number of nitrogens with one attached hydrogen (secondary N) is 1. The van der Waals surface area contributed by atoms with Gasteiger partial charge in [0.15, 0.2) is 18.1 Å². The number of hydrogen-bond acceptors (Lipinski definition) is 6. The van der Waals surface area contributed by atoms with Crippen LogP contribution in [0.1, 0.15) is 21.5 Å². The molecule has 35 heavy (non-hydrogen) atoms. The molecule has 4 rings (SSSR count). The molecule has 0 atom stereocenters. The Balaban J connectivity index is 1.51. The summed E-state index contributed by atoms with van der Waals surface area (Å²) in [6, 6.07) is 25.4. The van der Waals surface area contributed by atoms with E-state index in [1.165, 1.54) is 13.3 Å². The van der Waals surface area contributed by atoms with Crippen LogP contribution in [-0.4, -0.2) is 31.8 Å². The maximum atomic E-state index is 12.7. The van der Waals surface area contributed by atoms with Crippen molar-refractivity contribution in [2.24, 2.45) is 5.10 Å². The third-order valence-electron chi connectivity index (χ3n) is 5.20. The second-order valence-corrected chi connectivity index (χ2v) is 7.69. The number of carbonyl (C=O) groups excluding carboxylic acids is 2. The van der Waals surface area contributed by atoms with Gasteiger partial charge < -0.3 is 14.2 Å². The molecule has 0 aliphatic rings. The molecule has 0 bridgehead atoms. The lowest BCUT2D eigenvalue weighted by Crippen LogP contribution is -2.24. The Labute approximate surface area is 202 Å². The topological polar surface area (TPSA) is 86.2 Å². The van der Waals surface area contributed by atoms with E-state index in [9.17, 15) is 9.59 Å². The molecule has 1 amide bonds. The molecule has 4 aromatic carbocycles. The first kappa shape index (κ1) is 23.5. The highest BCUT2D eigenvalue weighted by molar-refractivity contribution is 6.04. The normalized spacial score (nSPS) is 10.8. The smallest absolute Gasteiger partial charge is 0.343 e. The van der Waals surface area contributed by atoms with Gasteiger partial charge in [0, 0.05) is 5.56 Å². The van der Waals surface area contributed by atoms with Crippen molar-refractivity contribution >= 4 is 28.9 Å². The van der Waals surface area contributed by atoms with Crippen molar-refractivity contribution in [1.29, 1.82) is 0 Å². The summed E-state index contributed by atoms with van der Waals surface area (Å²) in [4.78, 5) is 25.0. The van der Waals surface area contributed by atoms with E-state index < -0.39 is 11.9 Å². The molecule has 4 aromatic rings. The quantitative estimate of drug-likeness (QED) is 0.172. The molecule has 0 fully saturated rings. The van der Waals surface area contributed by atoms with Gasteiger partial charge in [0.05, 0.1) is 18.9 Å². The first-order valence-electron chi connectivity index (χ1n) is 10.9. The minimum Gasteiger partial charge on any atom is -0.493 e. The van der Waals surface area contributed by atoms with Crippen LogP contribution in [0.15, 0.2) is 90.0 Å². The third-order valence-corrected chi connectivity index (χ3v) is 5.20. The fourth-order valence-electron chi connectivity index (χ4n) is 3.51. The number of amides is 1. The van der Waals surface area contributed by atoms with E-state index in [4.69, 9.17) is 14.2 Å². The van der Waals surface area contributed by atoms with Gasteiger partial charge in [0.25, 0.3) is 5.91 Å². The first-order valence-corrected chi connectivity index (χ1v) is 10.9. The number of esters is 1. The lowest BCUT2D eigenvalue weighted by Gasteiger charge is -2.11. The number of methoxy groups -OCH3 is 1. The maximum absolute atomic E-state index is 12.7. The Morgan fingerprint density at radius 3 is 2.46 bits per heavy atom. The predicted octanol–water partition coefficient (Wildman–Crippen LogP) is 4.91. The van der Waals surface area contributed by atoms with E-state index in [2.05, 4.69) is 10.5 Å². The van der Waals surface area contributed by atoms with Gasteiger partial charge in [0.1, 0.15) is 5.75 Å². The zero-order valence-electron chi connectivity index (χ0n) is 19.4. The van der Waals surface area contributed by atoms with E-state index in [1.807, 2.05) is 49.4 Å².